The van der Waals surface area contributed by atoms with E-state index in [1.165, 1.54) is 33.3 Å². The van der Waals surface area contributed by atoms with E-state index in [1.807, 2.05) is 23.1 Å². The van der Waals surface area contributed by atoms with E-state index >= 15 is 0 Å². The number of fused-ring (bicyclic) bond motifs is 6. The molecule has 0 aliphatic carbocycles. The molecule has 0 bridgehead atoms. The van der Waals surface area contributed by atoms with Crippen LogP contribution in [0.3, 0.4) is 0 Å². The number of ketones is 2. The van der Waals surface area contributed by atoms with Crippen LogP contribution >= 0.6 is 0 Å². The molecule has 192 valence electrons. The number of para-hydroxylation sites is 1. The third kappa shape index (κ3) is 3.09. The topological polar surface area (TPSA) is 84.9 Å². The molecule has 0 aromatic heterocycles. The lowest BCUT2D eigenvalue weighted by Gasteiger charge is -2.37. The summed E-state index contributed by atoms with van der Waals surface area (Å²) in [5.74, 6) is -1.85. The Bertz CT molecular complexity index is 1550. The number of amides is 1. The number of nitrogens with one attached hydrogen (secondary N) is 1. The van der Waals surface area contributed by atoms with Gasteiger partial charge in [0.15, 0.2) is 11.6 Å². The molecule has 7 nitrogen and oxygen atoms in total. The van der Waals surface area contributed by atoms with Crippen molar-refractivity contribution in [1.29, 1.82) is 0 Å². The average molecular weight is 513 g/mol. The Kier molecular flexibility index (Phi) is 5.38. The molecule has 8 heteroatoms. The second kappa shape index (κ2) is 8.55. The number of Topliss-reactive ketones (excluding diaryl/α,β-unsaturated/α-hetero) is 2. The van der Waals surface area contributed by atoms with Crippen molar-refractivity contribution in [2.45, 2.75) is 24.4 Å². The van der Waals surface area contributed by atoms with Crippen molar-refractivity contribution in [1.82, 2.24) is 0 Å². The molecule has 38 heavy (non-hydrogen) atoms. The van der Waals surface area contributed by atoms with Crippen LogP contribution in [0.5, 0.6) is 11.5 Å². The molecule has 3 heterocycles. The monoisotopic (exact) mass is 512 g/mol. The molecule has 3 aliphatic rings. The van der Waals surface area contributed by atoms with E-state index in [2.05, 4.69) is 5.32 Å². The lowest BCUT2D eigenvalue weighted by Crippen LogP contribution is -2.51. The van der Waals surface area contributed by atoms with Gasteiger partial charge in [0, 0.05) is 16.9 Å². The number of hydrogen-bond donors (Lipinski definition) is 1. The van der Waals surface area contributed by atoms with Crippen molar-refractivity contribution in [2.24, 2.45) is 5.92 Å². The van der Waals surface area contributed by atoms with Gasteiger partial charge in [0.25, 0.3) is 0 Å². The van der Waals surface area contributed by atoms with Gasteiger partial charge in [-0.15, -0.1) is 0 Å². The zero-order valence-corrected chi connectivity index (χ0v) is 21.0. The van der Waals surface area contributed by atoms with Crippen molar-refractivity contribution < 1.29 is 28.2 Å². The number of carbonyl (C=O) groups is 3. The van der Waals surface area contributed by atoms with Crippen molar-refractivity contribution in [3.05, 3.63) is 89.2 Å². The molecule has 4 unspecified atom stereocenters. The van der Waals surface area contributed by atoms with Crippen LogP contribution in [0.2, 0.25) is 0 Å². The molecule has 3 aromatic rings. The molecular formula is C30H25FN2O5. The number of rotatable bonds is 5. The number of methoxy groups -OCH3 is 2. The zero-order chi connectivity index (χ0) is 26.8. The van der Waals surface area contributed by atoms with Crippen LogP contribution in [-0.4, -0.2) is 43.8 Å². The highest BCUT2D eigenvalue weighted by molar-refractivity contribution is 6.17. The van der Waals surface area contributed by atoms with Crippen molar-refractivity contribution >= 4 is 34.9 Å². The summed E-state index contributed by atoms with van der Waals surface area (Å²) in [6.45, 7) is 1.42. The maximum absolute atomic E-state index is 14.7. The van der Waals surface area contributed by atoms with Crippen LogP contribution in [0, 0.1) is 11.7 Å². The predicted octanol–water partition coefficient (Wildman–Crippen LogP) is 4.41. The summed E-state index contributed by atoms with van der Waals surface area (Å²) in [6, 6.07) is 14.7. The third-order valence-electron chi connectivity index (χ3n) is 7.97. The van der Waals surface area contributed by atoms with Gasteiger partial charge in [-0.1, -0.05) is 30.4 Å². The number of ether oxygens (including phenoxy) is 2. The van der Waals surface area contributed by atoms with Gasteiger partial charge in [-0.2, -0.15) is 0 Å². The number of halogens is 1. The van der Waals surface area contributed by atoms with Crippen LogP contribution in [0.4, 0.5) is 15.8 Å². The van der Waals surface area contributed by atoms with Crippen LogP contribution in [-0.2, 0) is 15.0 Å². The molecule has 1 amide bonds. The van der Waals surface area contributed by atoms with Gasteiger partial charge < -0.3 is 19.7 Å². The molecular weight excluding hydrogens is 487 g/mol. The van der Waals surface area contributed by atoms with Gasteiger partial charge in [-0.3, -0.25) is 14.4 Å². The lowest BCUT2D eigenvalue weighted by atomic mass is 9.64. The first-order valence-corrected chi connectivity index (χ1v) is 12.3. The fourth-order valence-corrected chi connectivity index (χ4v) is 6.48. The molecule has 0 saturated carbocycles. The van der Waals surface area contributed by atoms with E-state index in [4.69, 9.17) is 9.47 Å². The normalized spacial score (nSPS) is 24.5. The molecule has 1 spiro atoms. The van der Waals surface area contributed by atoms with E-state index in [9.17, 15) is 18.8 Å². The first-order valence-electron chi connectivity index (χ1n) is 12.3. The van der Waals surface area contributed by atoms with E-state index < -0.39 is 35.0 Å². The molecule has 0 radical (unpaired) electrons. The standard InChI is InChI=1S/C30H25FN2O5/c1-16(34)27-26(28(35)20-15-19(37-2)10-12-24(20)38-3)30(21-6-4-5-7-22(21)32-29(30)36)25-13-8-17-14-18(31)9-11-23(17)33(25)27/h4-15,25-27H,1-3H3,(H,32,36). The average Bonchev–Trinajstić information content (AvgIpc) is 3.40. The van der Waals surface area contributed by atoms with Gasteiger partial charge in [0.2, 0.25) is 5.91 Å². The smallest absolute Gasteiger partial charge is 0.238 e. The third-order valence-corrected chi connectivity index (χ3v) is 7.97. The maximum atomic E-state index is 14.7. The minimum atomic E-state index is -1.43. The summed E-state index contributed by atoms with van der Waals surface area (Å²) in [7, 11) is 2.95. The lowest BCUT2D eigenvalue weighted by molar-refractivity contribution is -0.122. The van der Waals surface area contributed by atoms with Crippen molar-refractivity contribution in [3.63, 3.8) is 0 Å². The highest BCUT2D eigenvalue weighted by Gasteiger charge is 2.70. The summed E-state index contributed by atoms with van der Waals surface area (Å²) in [4.78, 5) is 44.1. The largest absolute Gasteiger partial charge is 0.497 e. The maximum Gasteiger partial charge on any atom is 0.238 e. The first-order chi connectivity index (χ1) is 18.3. The zero-order valence-electron chi connectivity index (χ0n) is 21.0. The molecule has 1 fully saturated rings. The van der Waals surface area contributed by atoms with Crippen molar-refractivity contribution in [2.75, 3.05) is 24.4 Å². The fraction of sp³-hybridized carbons (Fsp3) is 0.233. The van der Waals surface area contributed by atoms with Crippen molar-refractivity contribution in [3.8, 4) is 11.5 Å². The predicted molar refractivity (Wildman–Crippen MR) is 140 cm³/mol. The highest BCUT2D eigenvalue weighted by Crippen LogP contribution is 2.58. The number of anilines is 2. The quantitative estimate of drug-likeness (QED) is 0.510. The Morgan fingerprint density at radius 1 is 1.03 bits per heavy atom. The van der Waals surface area contributed by atoms with E-state index in [0.717, 1.165) is 0 Å². The van der Waals surface area contributed by atoms with Crippen LogP contribution in [0.1, 0.15) is 28.4 Å². The SMILES string of the molecule is COc1ccc(OC)c(C(=O)C2C(C(C)=O)N3c4ccc(F)cc4C=CC3C23C(=O)Nc2ccccc23)c1. The second-order valence-corrected chi connectivity index (χ2v) is 9.75. The molecule has 3 aliphatic heterocycles. The number of nitrogens with zero attached hydrogens (tertiary/aromatic N) is 1. The minimum absolute atomic E-state index is 0.211. The van der Waals surface area contributed by atoms with Gasteiger partial charge >= 0.3 is 0 Å². The van der Waals surface area contributed by atoms with Gasteiger partial charge in [-0.05, 0) is 55.0 Å². The van der Waals surface area contributed by atoms with Crippen LogP contribution in [0.15, 0.2) is 66.7 Å². The Balaban J connectivity index is 1.66. The summed E-state index contributed by atoms with van der Waals surface area (Å²) >= 11 is 0. The number of benzene rings is 3. The molecule has 3 aromatic carbocycles. The van der Waals surface area contributed by atoms with Gasteiger partial charge in [0.05, 0.1) is 37.8 Å². The van der Waals surface area contributed by atoms with E-state index in [-0.39, 0.29) is 17.3 Å². The molecule has 6 rings (SSSR count). The van der Waals surface area contributed by atoms with Crippen LogP contribution in [0.25, 0.3) is 6.08 Å². The summed E-state index contributed by atoms with van der Waals surface area (Å²) in [5.41, 5.74) is 1.17. The molecule has 1 saturated heterocycles. The summed E-state index contributed by atoms with van der Waals surface area (Å²) < 4.78 is 25.1. The first kappa shape index (κ1) is 23.9. The van der Waals surface area contributed by atoms with Gasteiger partial charge in [0.1, 0.15) is 22.7 Å². The Labute approximate surface area is 218 Å². The minimum Gasteiger partial charge on any atom is -0.497 e. The van der Waals surface area contributed by atoms with Gasteiger partial charge in [-0.25, -0.2) is 4.39 Å². The second-order valence-electron chi connectivity index (χ2n) is 9.75. The molecule has 1 N–H and O–H groups in total. The Hall–Kier alpha value is -4.46. The Morgan fingerprint density at radius 3 is 2.55 bits per heavy atom. The van der Waals surface area contributed by atoms with E-state index in [1.54, 1.807) is 42.5 Å². The summed E-state index contributed by atoms with van der Waals surface area (Å²) in [5, 5.41) is 2.96. The highest BCUT2D eigenvalue weighted by atomic mass is 19.1. The Morgan fingerprint density at radius 2 is 1.82 bits per heavy atom. The number of carbonyl (C=O) groups excluding carboxylic acids is 3. The van der Waals surface area contributed by atoms with Crippen LogP contribution < -0.4 is 19.7 Å². The van der Waals surface area contributed by atoms with E-state index in [0.29, 0.717) is 34.0 Å². The fourth-order valence-electron chi connectivity index (χ4n) is 6.48. The number of hydrogen-bond acceptors (Lipinski definition) is 6. The molecule has 4 atom stereocenters. The summed E-state index contributed by atoms with van der Waals surface area (Å²) in [6.07, 6.45) is 3.56.